The number of aryl methyl sites for hydroxylation is 1. The van der Waals surface area contributed by atoms with Crippen LogP contribution in [0.25, 0.3) is 0 Å². The molecule has 2 aromatic rings. The van der Waals surface area contributed by atoms with Crippen molar-refractivity contribution in [3.8, 4) is 11.5 Å². The number of aliphatic hydroxyl groups excluding tert-OH is 1. The Hall–Kier alpha value is -2.41. The van der Waals surface area contributed by atoms with Crippen molar-refractivity contribution in [1.29, 1.82) is 0 Å². The van der Waals surface area contributed by atoms with Crippen LogP contribution in [0.1, 0.15) is 94.7 Å². The molecule has 0 radical (unpaired) electrons. The molecule has 7 atom stereocenters. The molecule has 2 aromatic carbocycles. The van der Waals surface area contributed by atoms with Crippen LogP contribution in [0.3, 0.4) is 0 Å². The largest absolute Gasteiger partial charge is 0.484 e. The van der Waals surface area contributed by atoms with E-state index < -0.39 is 0 Å². The molecule has 2 saturated carbocycles. The second kappa shape index (κ2) is 12.8. The van der Waals surface area contributed by atoms with Crippen LogP contribution >= 0.6 is 0 Å². The standard InChI is InChI=1S/C38H52N2O4/c1-3-4-20-39(21-11-6-5-8-12-27-13-9-7-10-14-27)31-17-16-30-32-23-28-15-18-34(43-26(2)41)36-35(28)38(30,37(31)44-36)19-22-40(32)25-29-24-33(29)42/h7,9-10,13-15,18,29-33,37,42H,3-6,8,11-12,16-17,19-25H2,1-2H3/t29?,30-,31-,32+,33?,37-,38-/m0/s1. The third-order valence-electron chi connectivity index (χ3n) is 11.8. The van der Waals surface area contributed by atoms with Crippen LogP contribution in [0.15, 0.2) is 42.5 Å². The summed E-state index contributed by atoms with van der Waals surface area (Å²) in [6.45, 7) is 8.13. The Morgan fingerprint density at radius 2 is 1.86 bits per heavy atom. The molecule has 3 aliphatic carbocycles. The van der Waals surface area contributed by atoms with Crippen molar-refractivity contribution in [3.05, 3.63) is 59.2 Å². The molecule has 1 N–H and O–H groups in total. The van der Waals surface area contributed by atoms with Gasteiger partial charge in [-0.1, -0.05) is 62.6 Å². The van der Waals surface area contributed by atoms with Crippen molar-refractivity contribution >= 4 is 5.97 Å². The summed E-state index contributed by atoms with van der Waals surface area (Å²) in [4.78, 5) is 17.7. The summed E-state index contributed by atoms with van der Waals surface area (Å²) in [6.07, 6.45) is 14.1. The first kappa shape index (κ1) is 30.3. The summed E-state index contributed by atoms with van der Waals surface area (Å²) < 4.78 is 12.9. The van der Waals surface area contributed by atoms with Gasteiger partial charge in [-0.15, -0.1) is 0 Å². The lowest BCUT2D eigenvalue weighted by Gasteiger charge is -2.60. The van der Waals surface area contributed by atoms with E-state index in [1.807, 2.05) is 6.07 Å². The number of ether oxygens (including phenoxy) is 2. The second-order valence-corrected chi connectivity index (χ2v) is 14.5. The summed E-state index contributed by atoms with van der Waals surface area (Å²) in [5.74, 6) is 2.17. The topological polar surface area (TPSA) is 62.2 Å². The molecule has 0 amide bonds. The maximum Gasteiger partial charge on any atom is 0.308 e. The van der Waals surface area contributed by atoms with Crippen molar-refractivity contribution in [1.82, 2.24) is 9.80 Å². The van der Waals surface area contributed by atoms with E-state index >= 15 is 0 Å². The Morgan fingerprint density at radius 1 is 1.07 bits per heavy atom. The van der Waals surface area contributed by atoms with Crippen molar-refractivity contribution in [2.24, 2.45) is 11.8 Å². The number of carbonyl (C=O) groups excluding carboxylic acids is 1. The molecule has 7 rings (SSSR count). The zero-order valence-corrected chi connectivity index (χ0v) is 26.9. The minimum absolute atomic E-state index is 0.0223. The van der Waals surface area contributed by atoms with Gasteiger partial charge < -0.3 is 14.6 Å². The monoisotopic (exact) mass is 600 g/mol. The Balaban J connectivity index is 1.12. The number of benzene rings is 2. The number of hydrogen-bond acceptors (Lipinski definition) is 6. The molecule has 1 spiro atoms. The molecule has 0 aromatic heterocycles. The number of likely N-dealkylation sites (tertiary alicyclic amines) is 1. The number of piperidine rings is 1. The van der Waals surface area contributed by atoms with Crippen LogP contribution in [-0.4, -0.2) is 71.3 Å². The highest BCUT2D eigenvalue weighted by Crippen LogP contribution is 2.64. The first-order valence-corrected chi connectivity index (χ1v) is 17.7. The third-order valence-corrected chi connectivity index (χ3v) is 11.8. The number of hydrogen-bond donors (Lipinski definition) is 1. The zero-order chi connectivity index (χ0) is 30.3. The van der Waals surface area contributed by atoms with Gasteiger partial charge in [0, 0.05) is 42.4 Å². The van der Waals surface area contributed by atoms with E-state index in [2.05, 4.69) is 53.1 Å². The van der Waals surface area contributed by atoms with Crippen LogP contribution in [0.4, 0.5) is 0 Å². The molecule has 44 heavy (non-hydrogen) atoms. The van der Waals surface area contributed by atoms with E-state index in [4.69, 9.17) is 9.47 Å². The summed E-state index contributed by atoms with van der Waals surface area (Å²) >= 11 is 0. The van der Waals surface area contributed by atoms with Gasteiger partial charge in [0.25, 0.3) is 0 Å². The van der Waals surface area contributed by atoms with Gasteiger partial charge in [-0.3, -0.25) is 14.6 Å². The minimum atomic E-state index is -0.284. The maximum absolute atomic E-state index is 12.1. The van der Waals surface area contributed by atoms with E-state index in [1.165, 1.54) is 75.0 Å². The summed E-state index contributed by atoms with van der Waals surface area (Å²) in [5.41, 5.74) is 4.18. The van der Waals surface area contributed by atoms with Crippen LogP contribution in [0.2, 0.25) is 0 Å². The van der Waals surface area contributed by atoms with Crippen LogP contribution in [0, 0.1) is 11.8 Å². The van der Waals surface area contributed by atoms with Crippen molar-refractivity contribution in [2.45, 2.75) is 121 Å². The second-order valence-electron chi connectivity index (χ2n) is 14.5. The molecule has 3 fully saturated rings. The molecule has 2 unspecified atom stereocenters. The maximum atomic E-state index is 12.1. The molecule has 2 bridgehead atoms. The lowest BCUT2D eigenvalue weighted by atomic mass is 9.51. The summed E-state index contributed by atoms with van der Waals surface area (Å²) in [7, 11) is 0. The fraction of sp³-hybridized carbons (Fsp3) is 0.658. The molecule has 238 valence electrons. The van der Waals surface area contributed by atoms with Gasteiger partial charge >= 0.3 is 5.97 Å². The quantitative estimate of drug-likeness (QED) is 0.156. The molecule has 2 aliphatic heterocycles. The van der Waals surface area contributed by atoms with E-state index in [-0.39, 0.29) is 23.6 Å². The number of nitrogens with zero attached hydrogens (tertiary/aromatic N) is 2. The lowest BCUT2D eigenvalue weighted by molar-refractivity contribution is -0.132. The van der Waals surface area contributed by atoms with E-state index in [9.17, 15) is 9.90 Å². The van der Waals surface area contributed by atoms with E-state index in [1.54, 1.807) is 0 Å². The Bertz CT molecular complexity index is 1320. The lowest BCUT2D eigenvalue weighted by Crippen LogP contribution is -2.69. The Labute approximate surface area is 264 Å². The van der Waals surface area contributed by atoms with Gasteiger partial charge in [0.15, 0.2) is 11.5 Å². The molecule has 5 aliphatic rings. The summed E-state index contributed by atoms with van der Waals surface area (Å²) in [6, 6.07) is 16.0. The highest BCUT2D eigenvalue weighted by molar-refractivity contribution is 5.72. The van der Waals surface area contributed by atoms with E-state index in [0.717, 1.165) is 57.6 Å². The third kappa shape index (κ3) is 5.60. The van der Waals surface area contributed by atoms with Gasteiger partial charge in [-0.2, -0.15) is 0 Å². The molecular formula is C38H52N2O4. The molecule has 1 saturated heterocycles. The average molecular weight is 601 g/mol. The van der Waals surface area contributed by atoms with Gasteiger partial charge in [-0.25, -0.2) is 0 Å². The molecule has 2 heterocycles. The molecule has 6 nitrogen and oxygen atoms in total. The Kier molecular flexibility index (Phi) is 8.78. The summed E-state index contributed by atoms with van der Waals surface area (Å²) in [5, 5.41) is 10.2. The Morgan fingerprint density at radius 3 is 2.64 bits per heavy atom. The average Bonchev–Trinajstić information content (AvgIpc) is 3.60. The predicted molar refractivity (Wildman–Crippen MR) is 173 cm³/mol. The van der Waals surface area contributed by atoms with Gasteiger partial charge in [0.2, 0.25) is 0 Å². The van der Waals surface area contributed by atoms with Crippen LogP contribution in [0.5, 0.6) is 11.5 Å². The van der Waals surface area contributed by atoms with Gasteiger partial charge in [-0.05, 0) is 101 Å². The SMILES string of the molecule is CCCCN(CCCCCCc1ccccc1)[C@H]1CC[C@H]2[C@H]3Cc4ccc(OC(C)=O)c5c4[C@@]2(CCN3CC2CC2O)[C@H]1O5. The number of rotatable bonds is 14. The normalized spacial score (nSPS) is 31.5. The van der Waals surface area contributed by atoms with Gasteiger partial charge in [0.05, 0.1) is 6.10 Å². The van der Waals surface area contributed by atoms with Crippen LogP contribution < -0.4 is 9.47 Å². The number of aliphatic hydroxyl groups is 1. The predicted octanol–water partition coefficient (Wildman–Crippen LogP) is 6.31. The van der Waals surface area contributed by atoms with Crippen LogP contribution in [-0.2, 0) is 23.1 Å². The highest BCUT2D eigenvalue weighted by Gasteiger charge is 2.66. The number of unbranched alkanes of at least 4 members (excludes halogenated alkanes) is 4. The fourth-order valence-electron chi connectivity index (χ4n) is 9.60. The van der Waals surface area contributed by atoms with Gasteiger partial charge in [0.1, 0.15) is 6.10 Å². The number of esters is 1. The van der Waals surface area contributed by atoms with Crippen molar-refractivity contribution in [2.75, 3.05) is 26.2 Å². The first-order valence-electron chi connectivity index (χ1n) is 17.7. The molecule has 6 heteroatoms. The fourth-order valence-corrected chi connectivity index (χ4v) is 9.60. The van der Waals surface area contributed by atoms with Crippen molar-refractivity contribution < 1.29 is 19.4 Å². The zero-order valence-electron chi connectivity index (χ0n) is 26.9. The van der Waals surface area contributed by atoms with Crippen molar-refractivity contribution in [3.63, 3.8) is 0 Å². The molecular weight excluding hydrogens is 548 g/mol. The smallest absolute Gasteiger partial charge is 0.308 e. The number of carbonyl (C=O) groups is 1. The highest BCUT2D eigenvalue weighted by atomic mass is 16.6. The first-order chi connectivity index (χ1) is 21.5. The van der Waals surface area contributed by atoms with E-state index in [0.29, 0.717) is 29.7 Å². The minimum Gasteiger partial charge on any atom is -0.484 e.